The average Bonchev–Trinajstić information content (AvgIpc) is 3.19. The van der Waals surface area contributed by atoms with Gasteiger partial charge in [0.2, 0.25) is 0 Å². The molecule has 26 heavy (non-hydrogen) atoms. The van der Waals surface area contributed by atoms with Gasteiger partial charge in [-0.2, -0.15) is 5.10 Å². The highest BCUT2D eigenvalue weighted by Gasteiger charge is 2.23. The molecule has 1 N–H and O–H groups in total. The van der Waals surface area contributed by atoms with E-state index in [1.807, 2.05) is 41.2 Å². The van der Waals surface area contributed by atoms with Gasteiger partial charge in [-0.25, -0.2) is 0 Å². The molecule has 7 heteroatoms. The molecule has 128 valence electrons. The van der Waals surface area contributed by atoms with Crippen LogP contribution in [-0.4, -0.2) is 25.0 Å². The van der Waals surface area contributed by atoms with E-state index >= 15 is 0 Å². The van der Waals surface area contributed by atoms with Crippen LogP contribution in [0.3, 0.4) is 0 Å². The molecule has 1 aromatic carbocycles. The van der Waals surface area contributed by atoms with Crippen LogP contribution >= 0.6 is 24.0 Å². The third kappa shape index (κ3) is 3.58. The monoisotopic (exact) mass is 378 g/mol. The average molecular weight is 378 g/mol. The zero-order valence-corrected chi connectivity index (χ0v) is 15.3. The molecule has 5 nitrogen and oxygen atoms in total. The number of hydrogen-bond acceptors (Lipinski definition) is 5. The minimum atomic E-state index is -0.185. The van der Waals surface area contributed by atoms with Crippen molar-refractivity contribution < 1.29 is 4.79 Å². The van der Waals surface area contributed by atoms with Crippen LogP contribution in [0.4, 0.5) is 0 Å². The van der Waals surface area contributed by atoms with E-state index in [9.17, 15) is 4.79 Å². The fourth-order valence-corrected chi connectivity index (χ4v) is 3.70. The Kier molecular flexibility index (Phi) is 4.64. The normalized spacial score (nSPS) is 15.5. The first-order chi connectivity index (χ1) is 12.7. The molecule has 1 aliphatic rings. The summed E-state index contributed by atoms with van der Waals surface area (Å²) >= 11 is 6.31. The van der Waals surface area contributed by atoms with Gasteiger partial charge in [0.05, 0.1) is 17.1 Å². The number of carbonyl (C=O) groups excluding carboxylic acids is 1. The minimum Gasteiger partial charge on any atom is -0.307 e. The van der Waals surface area contributed by atoms with Crippen molar-refractivity contribution in [2.24, 2.45) is 0 Å². The summed E-state index contributed by atoms with van der Waals surface area (Å²) in [6, 6.07) is 14.0. The van der Waals surface area contributed by atoms with Crippen LogP contribution in [0.5, 0.6) is 0 Å². The van der Waals surface area contributed by atoms with Crippen molar-refractivity contribution in [1.82, 2.24) is 20.1 Å². The Hall–Kier alpha value is -2.77. The summed E-state index contributed by atoms with van der Waals surface area (Å²) in [4.78, 5) is 16.7. The van der Waals surface area contributed by atoms with Gasteiger partial charge >= 0.3 is 0 Å². The Balaban J connectivity index is 1.75. The molecule has 3 heterocycles. The molecule has 0 spiro atoms. The van der Waals surface area contributed by atoms with Crippen LogP contribution in [0.15, 0.2) is 66.0 Å². The quantitative estimate of drug-likeness (QED) is 0.556. The molecular weight excluding hydrogens is 364 g/mol. The molecule has 0 unspecified atom stereocenters. The second kappa shape index (κ2) is 7.23. The van der Waals surface area contributed by atoms with E-state index in [-0.39, 0.29) is 5.91 Å². The number of nitrogens with one attached hydrogen (secondary N) is 1. The molecule has 4 rings (SSSR count). The van der Waals surface area contributed by atoms with Crippen molar-refractivity contribution in [3.63, 3.8) is 0 Å². The number of nitrogens with zero attached hydrogens (tertiary/aromatic N) is 3. The van der Waals surface area contributed by atoms with Gasteiger partial charge in [-0.1, -0.05) is 60.4 Å². The van der Waals surface area contributed by atoms with Gasteiger partial charge in [0, 0.05) is 29.7 Å². The maximum atomic E-state index is 12.0. The fourth-order valence-electron chi connectivity index (χ4n) is 2.68. The molecule has 0 aliphatic carbocycles. The van der Waals surface area contributed by atoms with Crippen molar-refractivity contribution in [3.8, 4) is 11.1 Å². The number of thioether (sulfide) groups is 1. The molecule has 1 amide bonds. The zero-order valence-electron chi connectivity index (χ0n) is 13.6. The molecule has 2 aromatic heterocycles. The summed E-state index contributed by atoms with van der Waals surface area (Å²) in [7, 11) is 0. The molecular formula is C19H14N4OS2. The van der Waals surface area contributed by atoms with Gasteiger partial charge in [0.1, 0.15) is 4.32 Å². The Morgan fingerprint density at radius 3 is 2.73 bits per heavy atom. The lowest BCUT2D eigenvalue weighted by Crippen LogP contribution is -2.17. The summed E-state index contributed by atoms with van der Waals surface area (Å²) in [6.07, 6.45) is 7.28. The Labute approximate surface area is 160 Å². The minimum absolute atomic E-state index is 0.185. The topological polar surface area (TPSA) is 59.8 Å². The summed E-state index contributed by atoms with van der Waals surface area (Å²) in [6.45, 7) is 0.648. The number of aromatic nitrogens is 3. The number of thiocarbonyl (C=S) groups is 1. The molecule has 3 aromatic rings. The van der Waals surface area contributed by atoms with Crippen molar-refractivity contribution in [2.45, 2.75) is 6.54 Å². The first-order valence-electron chi connectivity index (χ1n) is 7.96. The van der Waals surface area contributed by atoms with E-state index in [0.717, 1.165) is 22.4 Å². The van der Waals surface area contributed by atoms with Crippen LogP contribution in [0.2, 0.25) is 0 Å². The Bertz CT molecular complexity index is 997. The second-order valence-electron chi connectivity index (χ2n) is 5.71. The molecule has 0 radical (unpaired) electrons. The maximum absolute atomic E-state index is 12.0. The van der Waals surface area contributed by atoms with Crippen LogP contribution < -0.4 is 5.32 Å². The maximum Gasteiger partial charge on any atom is 0.263 e. The van der Waals surface area contributed by atoms with Gasteiger partial charge in [0.15, 0.2) is 0 Å². The van der Waals surface area contributed by atoms with Crippen molar-refractivity contribution >= 4 is 40.3 Å². The molecule has 0 saturated carbocycles. The standard InChI is InChI=1S/C19H14N4OS2/c24-18-17(26-19(25)21-18)9-16-15(14-7-4-8-20-10-14)12-23(22-16)11-13-5-2-1-3-6-13/h1-10,12H,11H2,(H,21,24,25). The first kappa shape index (κ1) is 16.7. The summed E-state index contributed by atoms with van der Waals surface area (Å²) in [5.41, 5.74) is 3.75. The van der Waals surface area contributed by atoms with Crippen LogP contribution in [0.25, 0.3) is 17.2 Å². The Morgan fingerprint density at radius 2 is 2.04 bits per heavy atom. The van der Waals surface area contributed by atoms with Crippen molar-refractivity contribution in [3.05, 3.63) is 77.2 Å². The van der Waals surface area contributed by atoms with Crippen molar-refractivity contribution in [1.29, 1.82) is 0 Å². The van der Waals surface area contributed by atoms with Crippen LogP contribution in [-0.2, 0) is 11.3 Å². The van der Waals surface area contributed by atoms with Gasteiger partial charge in [-0.15, -0.1) is 0 Å². The van der Waals surface area contributed by atoms with Crippen molar-refractivity contribution in [2.75, 3.05) is 0 Å². The van der Waals surface area contributed by atoms with E-state index in [4.69, 9.17) is 12.2 Å². The van der Waals surface area contributed by atoms with E-state index in [0.29, 0.717) is 15.8 Å². The first-order valence-corrected chi connectivity index (χ1v) is 9.18. The van der Waals surface area contributed by atoms with Crippen LogP contribution in [0, 0.1) is 0 Å². The predicted molar refractivity (Wildman–Crippen MR) is 107 cm³/mol. The van der Waals surface area contributed by atoms with Crippen LogP contribution in [0.1, 0.15) is 11.3 Å². The third-order valence-corrected chi connectivity index (χ3v) is 5.02. The largest absolute Gasteiger partial charge is 0.307 e. The molecule has 1 aliphatic heterocycles. The number of rotatable bonds is 4. The highest BCUT2D eigenvalue weighted by Crippen LogP contribution is 2.30. The second-order valence-corrected chi connectivity index (χ2v) is 7.42. The SMILES string of the molecule is O=C1NC(=S)SC1=Cc1nn(Cc2ccccc2)cc1-c1cccnc1. The Morgan fingerprint density at radius 1 is 1.19 bits per heavy atom. The third-order valence-electron chi connectivity index (χ3n) is 3.86. The molecule has 0 atom stereocenters. The summed E-state index contributed by atoms with van der Waals surface area (Å²) in [5, 5.41) is 7.31. The molecule has 0 bridgehead atoms. The smallest absolute Gasteiger partial charge is 0.263 e. The van der Waals surface area contributed by atoms with E-state index in [2.05, 4.69) is 27.5 Å². The number of hydrogen-bond donors (Lipinski definition) is 1. The highest BCUT2D eigenvalue weighted by atomic mass is 32.2. The van der Waals surface area contributed by atoms with E-state index in [1.54, 1.807) is 18.5 Å². The van der Waals surface area contributed by atoms with Gasteiger partial charge in [-0.05, 0) is 17.7 Å². The fraction of sp³-hybridized carbons (Fsp3) is 0.0526. The summed E-state index contributed by atoms with van der Waals surface area (Å²) < 4.78 is 2.34. The lowest BCUT2D eigenvalue weighted by molar-refractivity contribution is -0.115. The lowest BCUT2D eigenvalue weighted by Gasteiger charge is -2.00. The lowest BCUT2D eigenvalue weighted by atomic mass is 10.1. The zero-order chi connectivity index (χ0) is 17.9. The number of benzene rings is 1. The molecule has 1 fully saturated rings. The van der Waals surface area contributed by atoms with E-state index in [1.165, 1.54) is 11.8 Å². The van der Waals surface area contributed by atoms with Gasteiger partial charge in [0.25, 0.3) is 5.91 Å². The number of carbonyl (C=O) groups is 1. The summed E-state index contributed by atoms with van der Waals surface area (Å²) in [5.74, 6) is -0.185. The van der Waals surface area contributed by atoms with Gasteiger partial charge < -0.3 is 5.32 Å². The highest BCUT2D eigenvalue weighted by molar-refractivity contribution is 8.26. The number of amides is 1. The van der Waals surface area contributed by atoms with Gasteiger partial charge in [-0.3, -0.25) is 14.5 Å². The predicted octanol–water partition coefficient (Wildman–Crippen LogP) is 3.48. The number of pyridine rings is 1. The molecule has 1 saturated heterocycles. The van der Waals surface area contributed by atoms with E-state index < -0.39 is 0 Å².